The van der Waals surface area contributed by atoms with Crippen LogP contribution in [0.4, 0.5) is 0 Å². The number of benzene rings is 2. The quantitative estimate of drug-likeness (QED) is 0.503. The van der Waals surface area contributed by atoms with Crippen molar-refractivity contribution in [3.63, 3.8) is 0 Å². The zero-order chi connectivity index (χ0) is 17.8. The first-order chi connectivity index (χ1) is 12.8. The van der Waals surface area contributed by atoms with Crippen molar-refractivity contribution in [2.45, 2.75) is 13.2 Å². The van der Waals surface area contributed by atoms with Gasteiger partial charge in [0.15, 0.2) is 0 Å². The van der Waals surface area contributed by atoms with Crippen molar-refractivity contribution >= 4 is 17.1 Å². The SMILES string of the molecule is Clc1ncc2ccc(OCc3ccccc3OCc3ccccc3)nn12. The summed E-state index contributed by atoms with van der Waals surface area (Å²) in [5.41, 5.74) is 2.88. The van der Waals surface area contributed by atoms with Crippen LogP contribution >= 0.6 is 11.6 Å². The average molecular weight is 366 g/mol. The fourth-order valence-electron chi connectivity index (χ4n) is 2.56. The number of aromatic nitrogens is 3. The molecule has 0 aliphatic carbocycles. The number of hydrogen-bond donors (Lipinski definition) is 0. The highest BCUT2D eigenvalue weighted by molar-refractivity contribution is 6.28. The fourth-order valence-corrected chi connectivity index (χ4v) is 2.75. The van der Waals surface area contributed by atoms with Gasteiger partial charge in [0.1, 0.15) is 19.0 Å². The Hall–Kier alpha value is -3.05. The molecule has 6 heteroatoms. The van der Waals surface area contributed by atoms with E-state index in [1.165, 1.54) is 4.52 Å². The smallest absolute Gasteiger partial charge is 0.232 e. The monoisotopic (exact) mass is 365 g/mol. The molecule has 0 spiro atoms. The largest absolute Gasteiger partial charge is 0.488 e. The summed E-state index contributed by atoms with van der Waals surface area (Å²) >= 11 is 6.00. The summed E-state index contributed by atoms with van der Waals surface area (Å²) in [4.78, 5) is 4.01. The van der Waals surface area contributed by atoms with Crippen molar-refractivity contribution in [2.24, 2.45) is 0 Å². The Balaban J connectivity index is 1.46. The molecule has 4 aromatic rings. The highest BCUT2D eigenvalue weighted by Gasteiger charge is 2.07. The summed E-state index contributed by atoms with van der Waals surface area (Å²) in [5.74, 6) is 1.26. The van der Waals surface area contributed by atoms with Gasteiger partial charge in [-0.05, 0) is 29.3 Å². The van der Waals surface area contributed by atoms with Crippen LogP contribution in [0.2, 0.25) is 5.28 Å². The van der Waals surface area contributed by atoms with Crippen LogP contribution in [-0.4, -0.2) is 14.6 Å². The molecule has 0 aliphatic heterocycles. The Morgan fingerprint density at radius 2 is 1.65 bits per heavy atom. The van der Waals surface area contributed by atoms with Gasteiger partial charge in [0.05, 0.1) is 11.7 Å². The number of fused-ring (bicyclic) bond motifs is 1. The minimum absolute atomic E-state index is 0.303. The molecule has 0 amide bonds. The van der Waals surface area contributed by atoms with Gasteiger partial charge in [0.25, 0.3) is 0 Å². The summed E-state index contributed by atoms with van der Waals surface area (Å²) in [6.45, 7) is 0.850. The number of halogens is 1. The molecule has 0 saturated carbocycles. The summed E-state index contributed by atoms with van der Waals surface area (Å²) in [7, 11) is 0. The summed E-state index contributed by atoms with van der Waals surface area (Å²) in [6.07, 6.45) is 1.66. The number of rotatable bonds is 6. The molecule has 2 aromatic carbocycles. The van der Waals surface area contributed by atoms with Gasteiger partial charge >= 0.3 is 0 Å². The van der Waals surface area contributed by atoms with Crippen LogP contribution in [-0.2, 0) is 13.2 Å². The molecule has 2 aromatic heterocycles. The van der Waals surface area contributed by atoms with Crippen molar-refractivity contribution in [3.05, 3.63) is 89.3 Å². The van der Waals surface area contributed by atoms with E-state index in [0.717, 1.165) is 22.4 Å². The van der Waals surface area contributed by atoms with E-state index < -0.39 is 0 Å². The number of ether oxygens (including phenoxy) is 2. The fraction of sp³-hybridized carbons (Fsp3) is 0.100. The number of imidazole rings is 1. The topological polar surface area (TPSA) is 48.7 Å². The summed E-state index contributed by atoms with van der Waals surface area (Å²) in [6, 6.07) is 21.5. The zero-order valence-electron chi connectivity index (χ0n) is 13.9. The maximum absolute atomic E-state index is 6.00. The second-order valence-electron chi connectivity index (χ2n) is 5.71. The number of hydrogen-bond acceptors (Lipinski definition) is 4. The van der Waals surface area contributed by atoms with Crippen LogP contribution in [0.15, 0.2) is 72.9 Å². The van der Waals surface area contributed by atoms with Gasteiger partial charge < -0.3 is 9.47 Å². The lowest BCUT2D eigenvalue weighted by Gasteiger charge is -2.12. The summed E-state index contributed by atoms with van der Waals surface area (Å²) in [5, 5.41) is 4.64. The van der Waals surface area contributed by atoms with Crippen molar-refractivity contribution in [1.29, 1.82) is 0 Å². The molecule has 4 rings (SSSR count). The predicted octanol–water partition coefficient (Wildman–Crippen LogP) is 4.54. The first kappa shape index (κ1) is 16.4. The maximum atomic E-state index is 6.00. The van der Waals surface area contributed by atoms with Crippen molar-refractivity contribution in [3.8, 4) is 11.6 Å². The number of para-hydroxylation sites is 1. The van der Waals surface area contributed by atoms with Crippen LogP contribution in [0.3, 0.4) is 0 Å². The molecule has 0 radical (unpaired) electrons. The van der Waals surface area contributed by atoms with Gasteiger partial charge in [-0.25, -0.2) is 4.98 Å². The van der Waals surface area contributed by atoms with Crippen molar-refractivity contribution < 1.29 is 9.47 Å². The molecular weight excluding hydrogens is 350 g/mol. The van der Waals surface area contributed by atoms with E-state index in [4.69, 9.17) is 21.1 Å². The Labute approximate surface area is 155 Å². The van der Waals surface area contributed by atoms with E-state index in [0.29, 0.717) is 24.4 Å². The Kier molecular flexibility index (Phi) is 4.71. The van der Waals surface area contributed by atoms with E-state index in [1.54, 1.807) is 12.3 Å². The first-order valence-corrected chi connectivity index (χ1v) is 8.55. The predicted molar refractivity (Wildman–Crippen MR) is 99.5 cm³/mol. The summed E-state index contributed by atoms with van der Waals surface area (Å²) < 4.78 is 13.3. The van der Waals surface area contributed by atoms with Crippen LogP contribution in [0, 0.1) is 0 Å². The molecule has 0 aliphatic rings. The molecule has 0 N–H and O–H groups in total. The van der Waals surface area contributed by atoms with E-state index in [-0.39, 0.29) is 0 Å². The molecule has 5 nitrogen and oxygen atoms in total. The lowest BCUT2D eigenvalue weighted by atomic mass is 10.2. The Bertz CT molecular complexity index is 1020. The standard InChI is InChI=1S/C20H16ClN3O2/c21-20-22-12-17-10-11-19(23-24(17)20)26-14-16-8-4-5-9-18(16)25-13-15-6-2-1-3-7-15/h1-12H,13-14H2. The van der Waals surface area contributed by atoms with Gasteiger partial charge in [0.2, 0.25) is 11.2 Å². The highest BCUT2D eigenvalue weighted by Crippen LogP contribution is 2.22. The second kappa shape index (κ2) is 7.45. The van der Waals surface area contributed by atoms with Gasteiger partial charge in [-0.3, -0.25) is 0 Å². The Morgan fingerprint density at radius 1 is 0.846 bits per heavy atom. The van der Waals surface area contributed by atoms with Crippen LogP contribution in [0.5, 0.6) is 11.6 Å². The maximum Gasteiger partial charge on any atom is 0.232 e. The first-order valence-electron chi connectivity index (χ1n) is 8.17. The molecule has 0 saturated heterocycles. The second-order valence-corrected chi connectivity index (χ2v) is 6.04. The minimum atomic E-state index is 0.303. The van der Waals surface area contributed by atoms with E-state index in [2.05, 4.69) is 10.1 Å². The highest BCUT2D eigenvalue weighted by atomic mass is 35.5. The molecule has 0 bridgehead atoms. The van der Waals surface area contributed by atoms with Crippen molar-refractivity contribution in [1.82, 2.24) is 14.6 Å². The molecule has 2 heterocycles. The molecule has 0 unspecified atom stereocenters. The normalized spacial score (nSPS) is 10.8. The van der Waals surface area contributed by atoms with Crippen LogP contribution in [0.25, 0.3) is 5.52 Å². The lowest BCUT2D eigenvalue weighted by molar-refractivity contribution is 0.265. The third kappa shape index (κ3) is 3.63. The van der Waals surface area contributed by atoms with Crippen LogP contribution < -0.4 is 9.47 Å². The van der Waals surface area contributed by atoms with Crippen molar-refractivity contribution in [2.75, 3.05) is 0 Å². The van der Waals surface area contributed by atoms with Crippen LogP contribution in [0.1, 0.15) is 11.1 Å². The van der Waals surface area contributed by atoms with Gasteiger partial charge in [0, 0.05) is 11.6 Å². The lowest BCUT2D eigenvalue weighted by Crippen LogP contribution is -2.03. The zero-order valence-corrected chi connectivity index (χ0v) is 14.6. The third-order valence-electron chi connectivity index (χ3n) is 3.90. The molecule has 130 valence electrons. The molecular formula is C20H16ClN3O2. The average Bonchev–Trinajstić information content (AvgIpc) is 3.06. The van der Waals surface area contributed by atoms with Gasteiger partial charge in [-0.15, -0.1) is 5.10 Å². The molecule has 0 fully saturated rings. The Morgan fingerprint density at radius 3 is 2.54 bits per heavy atom. The van der Waals surface area contributed by atoms with Gasteiger partial charge in [-0.2, -0.15) is 4.52 Å². The molecule has 0 atom stereocenters. The van der Waals surface area contributed by atoms with E-state index >= 15 is 0 Å². The minimum Gasteiger partial charge on any atom is -0.488 e. The van der Waals surface area contributed by atoms with Gasteiger partial charge in [-0.1, -0.05) is 48.5 Å². The van der Waals surface area contributed by atoms with E-state index in [1.807, 2.05) is 60.7 Å². The number of nitrogens with zero attached hydrogens (tertiary/aromatic N) is 3. The third-order valence-corrected chi connectivity index (χ3v) is 4.16. The van der Waals surface area contributed by atoms with E-state index in [9.17, 15) is 0 Å². The molecule has 26 heavy (non-hydrogen) atoms.